The van der Waals surface area contributed by atoms with E-state index in [0.29, 0.717) is 13.2 Å². The van der Waals surface area contributed by atoms with E-state index in [9.17, 15) is 4.79 Å². The Labute approximate surface area is 105 Å². The molecule has 3 nitrogen and oxygen atoms in total. The van der Waals surface area contributed by atoms with Crippen molar-refractivity contribution < 1.29 is 14.3 Å². The molecule has 0 aliphatic carbocycles. The van der Waals surface area contributed by atoms with E-state index in [1.54, 1.807) is 6.92 Å². The molecule has 0 aliphatic heterocycles. The van der Waals surface area contributed by atoms with Gasteiger partial charge in [-0.25, -0.2) is 0 Å². The third-order valence-corrected chi connectivity index (χ3v) is 2.22. The zero-order valence-electron chi connectivity index (χ0n) is 11.1. The number of hydrogen-bond acceptors (Lipinski definition) is 3. The average molecular weight is 240 g/mol. The van der Waals surface area contributed by atoms with Crippen molar-refractivity contribution in [1.29, 1.82) is 0 Å². The Balaban J connectivity index is 3.07. The fraction of sp³-hybridized carbons (Fsp3) is 0.786. The SMILES string of the molecule is CC#CC(=O)COCCCOCCCCCC. The van der Waals surface area contributed by atoms with Crippen LogP contribution in [0.25, 0.3) is 0 Å². The van der Waals surface area contributed by atoms with Gasteiger partial charge in [0.15, 0.2) is 0 Å². The molecule has 0 heterocycles. The summed E-state index contributed by atoms with van der Waals surface area (Å²) < 4.78 is 10.6. The minimum Gasteiger partial charge on any atom is -0.381 e. The van der Waals surface area contributed by atoms with Crippen molar-refractivity contribution in [2.45, 2.75) is 46.0 Å². The lowest BCUT2D eigenvalue weighted by atomic mass is 10.2. The Morgan fingerprint density at radius 2 is 1.71 bits per heavy atom. The molecule has 0 amide bonds. The molecule has 17 heavy (non-hydrogen) atoms. The first-order chi connectivity index (χ1) is 8.31. The third-order valence-electron chi connectivity index (χ3n) is 2.22. The minimum atomic E-state index is -0.159. The molecule has 0 saturated heterocycles. The van der Waals surface area contributed by atoms with E-state index in [1.165, 1.54) is 19.3 Å². The van der Waals surface area contributed by atoms with Crippen LogP contribution in [0, 0.1) is 11.8 Å². The Kier molecular flexibility index (Phi) is 12.6. The van der Waals surface area contributed by atoms with E-state index < -0.39 is 0 Å². The second kappa shape index (κ2) is 13.2. The van der Waals surface area contributed by atoms with Crippen LogP contribution in [0.3, 0.4) is 0 Å². The van der Waals surface area contributed by atoms with Gasteiger partial charge in [0.1, 0.15) is 6.61 Å². The minimum absolute atomic E-state index is 0.0946. The maximum Gasteiger partial charge on any atom is 0.231 e. The molecule has 0 atom stereocenters. The van der Waals surface area contributed by atoms with Gasteiger partial charge in [-0.05, 0) is 25.7 Å². The molecule has 0 saturated carbocycles. The van der Waals surface area contributed by atoms with E-state index in [-0.39, 0.29) is 12.4 Å². The number of hydrogen-bond donors (Lipinski definition) is 0. The summed E-state index contributed by atoms with van der Waals surface area (Å²) in [5.41, 5.74) is 0. The van der Waals surface area contributed by atoms with Crippen LogP contribution in [0.2, 0.25) is 0 Å². The smallest absolute Gasteiger partial charge is 0.231 e. The molecule has 0 aromatic rings. The summed E-state index contributed by atoms with van der Waals surface area (Å²) in [7, 11) is 0. The van der Waals surface area contributed by atoms with Crippen LogP contribution >= 0.6 is 0 Å². The van der Waals surface area contributed by atoms with Crippen molar-refractivity contribution in [3.63, 3.8) is 0 Å². The van der Waals surface area contributed by atoms with Gasteiger partial charge in [0, 0.05) is 19.8 Å². The van der Waals surface area contributed by atoms with Gasteiger partial charge in [-0.3, -0.25) is 4.79 Å². The molecular weight excluding hydrogens is 216 g/mol. The lowest BCUT2D eigenvalue weighted by Gasteiger charge is -2.04. The van der Waals surface area contributed by atoms with Crippen LogP contribution in [-0.4, -0.2) is 32.2 Å². The van der Waals surface area contributed by atoms with E-state index in [2.05, 4.69) is 18.8 Å². The van der Waals surface area contributed by atoms with Crippen LogP contribution in [0.4, 0.5) is 0 Å². The molecule has 0 bridgehead atoms. The largest absolute Gasteiger partial charge is 0.381 e. The summed E-state index contributed by atoms with van der Waals surface area (Å²) in [6, 6.07) is 0. The predicted octanol–water partition coefficient (Wildman–Crippen LogP) is 2.58. The van der Waals surface area contributed by atoms with Gasteiger partial charge in [-0.1, -0.05) is 32.1 Å². The summed E-state index contributed by atoms with van der Waals surface area (Å²) >= 11 is 0. The molecule has 0 N–H and O–H groups in total. The maximum absolute atomic E-state index is 10.9. The van der Waals surface area contributed by atoms with E-state index >= 15 is 0 Å². The summed E-state index contributed by atoms with van der Waals surface area (Å²) in [5.74, 6) is 4.82. The Hall–Kier alpha value is -0.850. The number of carbonyl (C=O) groups is 1. The Morgan fingerprint density at radius 1 is 1.00 bits per heavy atom. The van der Waals surface area contributed by atoms with Crippen LogP contribution in [0.15, 0.2) is 0 Å². The van der Waals surface area contributed by atoms with Crippen LogP contribution in [0.1, 0.15) is 46.0 Å². The van der Waals surface area contributed by atoms with E-state index in [4.69, 9.17) is 9.47 Å². The second-order valence-corrected chi connectivity index (χ2v) is 3.88. The first kappa shape index (κ1) is 16.1. The summed E-state index contributed by atoms with van der Waals surface area (Å²) in [6.45, 7) is 6.04. The van der Waals surface area contributed by atoms with Crippen molar-refractivity contribution in [3.8, 4) is 11.8 Å². The number of ketones is 1. The lowest BCUT2D eigenvalue weighted by molar-refractivity contribution is -0.118. The number of ether oxygens (including phenoxy) is 2. The van der Waals surface area contributed by atoms with Crippen molar-refractivity contribution in [3.05, 3.63) is 0 Å². The fourth-order valence-corrected chi connectivity index (χ4v) is 1.34. The van der Waals surface area contributed by atoms with Crippen molar-refractivity contribution >= 4 is 5.78 Å². The van der Waals surface area contributed by atoms with Gasteiger partial charge in [0.2, 0.25) is 5.78 Å². The van der Waals surface area contributed by atoms with Gasteiger partial charge >= 0.3 is 0 Å². The maximum atomic E-state index is 10.9. The Morgan fingerprint density at radius 3 is 2.41 bits per heavy atom. The summed E-state index contributed by atoms with van der Waals surface area (Å²) in [6.07, 6.45) is 5.76. The molecule has 3 heteroatoms. The molecule has 0 aliphatic rings. The van der Waals surface area contributed by atoms with Crippen LogP contribution in [0.5, 0.6) is 0 Å². The normalized spacial score (nSPS) is 9.76. The van der Waals surface area contributed by atoms with Gasteiger partial charge in [-0.2, -0.15) is 0 Å². The van der Waals surface area contributed by atoms with Gasteiger partial charge in [-0.15, -0.1) is 0 Å². The zero-order valence-corrected chi connectivity index (χ0v) is 11.1. The highest BCUT2D eigenvalue weighted by Gasteiger charge is 1.96. The highest BCUT2D eigenvalue weighted by atomic mass is 16.5. The monoisotopic (exact) mass is 240 g/mol. The number of rotatable bonds is 11. The fourth-order valence-electron chi connectivity index (χ4n) is 1.34. The third kappa shape index (κ3) is 13.1. The first-order valence-corrected chi connectivity index (χ1v) is 6.42. The first-order valence-electron chi connectivity index (χ1n) is 6.42. The predicted molar refractivity (Wildman–Crippen MR) is 68.9 cm³/mol. The molecular formula is C14H24O3. The number of Topliss-reactive ketones (excluding diaryl/α,β-unsaturated/α-hetero) is 1. The zero-order chi connectivity index (χ0) is 12.8. The van der Waals surface area contributed by atoms with E-state index in [1.807, 2.05) is 0 Å². The average Bonchev–Trinajstić information content (AvgIpc) is 2.32. The van der Waals surface area contributed by atoms with E-state index in [0.717, 1.165) is 19.4 Å². The number of carbonyl (C=O) groups excluding carboxylic acids is 1. The lowest BCUT2D eigenvalue weighted by Crippen LogP contribution is -2.08. The molecule has 0 fully saturated rings. The molecule has 0 radical (unpaired) electrons. The molecule has 0 aromatic carbocycles. The van der Waals surface area contributed by atoms with Crippen molar-refractivity contribution in [1.82, 2.24) is 0 Å². The molecule has 0 unspecified atom stereocenters. The van der Waals surface area contributed by atoms with Crippen molar-refractivity contribution in [2.75, 3.05) is 26.4 Å². The highest BCUT2D eigenvalue weighted by molar-refractivity contribution is 5.96. The van der Waals surface area contributed by atoms with Crippen LogP contribution in [-0.2, 0) is 14.3 Å². The standard InChI is InChI=1S/C14H24O3/c1-3-5-6-7-10-16-11-8-12-17-13-14(15)9-4-2/h3,5-8,10-13H2,1-2H3. The van der Waals surface area contributed by atoms with Gasteiger partial charge < -0.3 is 9.47 Å². The van der Waals surface area contributed by atoms with Crippen molar-refractivity contribution in [2.24, 2.45) is 0 Å². The second-order valence-electron chi connectivity index (χ2n) is 3.88. The van der Waals surface area contributed by atoms with Gasteiger partial charge in [0.25, 0.3) is 0 Å². The number of unbranched alkanes of at least 4 members (excludes halogenated alkanes) is 3. The quantitative estimate of drug-likeness (QED) is 0.316. The molecule has 0 spiro atoms. The highest BCUT2D eigenvalue weighted by Crippen LogP contribution is 1.99. The van der Waals surface area contributed by atoms with Gasteiger partial charge in [0.05, 0.1) is 0 Å². The molecule has 98 valence electrons. The molecule has 0 aromatic heterocycles. The summed E-state index contributed by atoms with van der Waals surface area (Å²) in [4.78, 5) is 10.9. The topological polar surface area (TPSA) is 35.5 Å². The Bertz CT molecular complexity index is 238. The molecule has 0 rings (SSSR count). The summed E-state index contributed by atoms with van der Waals surface area (Å²) in [5, 5.41) is 0. The van der Waals surface area contributed by atoms with Crippen LogP contribution < -0.4 is 0 Å².